The summed E-state index contributed by atoms with van der Waals surface area (Å²) in [5, 5.41) is 5.35. The number of carbonyl (C=O) groups excluding carboxylic acids is 1. The van der Waals surface area contributed by atoms with Crippen LogP contribution < -0.4 is 5.32 Å². The van der Waals surface area contributed by atoms with Gasteiger partial charge >= 0.3 is 6.03 Å². The van der Waals surface area contributed by atoms with Crippen molar-refractivity contribution < 1.29 is 9.21 Å². The Labute approximate surface area is 128 Å². The van der Waals surface area contributed by atoms with Crippen LogP contribution in [0.5, 0.6) is 0 Å². The summed E-state index contributed by atoms with van der Waals surface area (Å²) >= 11 is 1.42. The Morgan fingerprint density at radius 2 is 2.38 bits per heavy atom. The molecule has 3 rings (SSSR count). The smallest absolute Gasteiger partial charge is 0.324 e. The molecule has 1 aliphatic heterocycles. The Balaban J connectivity index is 1.79. The summed E-state index contributed by atoms with van der Waals surface area (Å²) in [6, 6.07) is 3.83. The van der Waals surface area contributed by atoms with Crippen molar-refractivity contribution in [2.75, 3.05) is 11.9 Å². The Morgan fingerprint density at radius 3 is 3.05 bits per heavy atom. The maximum absolute atomic E-state index is 12.5. The molecule has 0 unspecified atom stereocenters. The number of aryl methyl sites for hydroxylation is 1. The first-order valence-electron chi connectivity index (χ1n) is 7.17. The van der Waals surface area contributed by atoms with Crippen molar-refractivity contribution >= 4 is 22.5 Å². The van der Waals surface area contributed by atoms with E-state index in [1.807, 2.05) is 29.3 Å². The molecule has 1 N–H and O–H groups in total. The number of hydrogen-bond acceptors (Lipinski definition) is 4. The number of nitrogens with one attached hydrogen (secondary N) is 1. The van der Waals surface area contributed by atoms with Crippen LogP contribution in [0.2, 0.25) is 0 Å². The van der Waals surface area contributed by atoms with Crippen LogP contribution in [0, 0.1) is 12.8 Å². The Bertz CT molecular complexity index is 608. The third kappa shape index (κ3) is 3.10. The largest absolute Gasteiger partial charge is 0.464 e. The summed E-state index contributed by atoms with van der Waals surface area (Å²) in [7, 11) is 0. The molecule has 0 bridgehead atoms. The highest BCUT2D eigenvalue weighted by Gasteiger charge is 2.33. The van der Waals surface area contributed by atoms with E-state index in [-0.39, 0.29) is 12.1 Å². The van der Waals surface area contributed by atoms with Crippen molar-refractivity contribution in [1.29, 1.82) is 0 Å². The molecule has 1 saturated heterocycles. The third-order valence-electron chi connectivity index (χ3n) is 3.86. The molecule has 1 aliphatic rings. The van der Waals surface area contributed by atoms with Crippen LogP contribution in [0.3, 0.4) is 0 Å². The lowest BCUT2D eigenvalue weighted by molar-refractivity contribution is 0.128. The SMILES string of the molecule is Cc1ccc([C@@H]2C[C@H](C)CCN2C(=O)Nc2nccs2)o1. The van der Waals surface area contributed by atoms with E-state index in [4.69, 9.17) is 4.42 Å². The van der Waals surface area contributed by atoms with Gasteiger partial charge in [0.15, 0.2) is 5.13 Å². The first-order valence-corrected chi connectivity index (χ1v) is 8.05. The molecule has 1 fully saturated rings. The lowest BCUT2D eigenvalue weighted by Gasteiger charge is -2.37. The van der Waals surface area contributed by atoms with Crippen LogP contribution in [-0.2, 0) is 0 Å². The van der Waals surface area contributed by atoms with Gasteiger partial charge in [0.05, 0.1) is 6.04 Å². The lowest BCUT2D eigenvalue weighted by Crippen LogP contribution is -2.42. The standard InChI is InChI=1S/C15H19N3O2S/c1-10-5-7-18(15(19)17-14-16-6-8-21-14)12(9-10)13-4-3-11(2)20-13/h3-4,6,8,10,12H,5,7,9H2,1-2H3,(H,16,17,19)/t10-,12+/m1/s1. The quantitative estimate of drug-likeness (QED) is 0.910. The number of anilines is 1. The van der Waals surface area contributed by atoms with Gasteiger partial charge in [-0.1, -0.05) is 6.92 Å². The number of piperidine rings is 1. The molecule has 2 aromatic heterocycles. The van der Waals surface area contributed by atoms with Crippen molar-refractivity contribution in [2.45, 2.75) is 32.7 Å². The van der Waals surface area contributed by atoms with Gasteiger partial charge in [-0.05, 0) is 37.8 Å². The van der Waals surface area contributed by atoms with Gasteiger partial charge in [0.2, 0.25) is 0 Å². The molecule has 0 spiro atoms. The zero-order valence-electron chi connectivity index (χ0n) is 12.2. The molecule has 2 atom stereocenters. The van der Waals surface area contributed by atoms with Gasteiger partial charge in [0.1, 0.15) is 11.5 Å². The van der Waals surface area contributed by atoms with Gasteiger partial charge in [-0.15, -0.1) is 11.3 Å². The number of thiazole rings is 1. The van der Waals surface area contributed by atoms with Gasteiger partial charge in [-0.2, -0.15) is 0 Å². The molecule has 3 heterocycles. The Kier molecular flexibility index (Phi) is 3.96. The first kappa shape index (κ1) is 14.1. The highest BCUT2D eigenvalue weighted by atomic mass is 32.1. The maximum atomic E-state index is 12.5. The normalized spacial score (nSPS) is 22.3. The molecule has 0 aliphatic carbocycles. The van der Waals surface area contributed by atoms with Crippen LogP contribution >= 0.6 is 11.3 Å². The van der Waals surface area contributed by atoms with Gasteiger partial charge in [0.25, 0.3) is 0 Å². The zero-order chi connectivity index (χ0) is 14.8. The molecule has 6 heteroatoms. The summed E-state index contributed by atoms with van der Waals surface area (Å²) < 4.78 is 5.75. The third-order valence-corrected chi connectivity index (χ3v) is 4.55. The lowest BCUT2D eigenvalue weighted by atomic mass is 9.91. The fourth-order valence-electron chi connectivity index (χ4n) is 2.74. The van der Waals surface area contributed by atoms with Gasteiger partial charge in [-0.3, -0.25) is 5.32 Å². The number of carbonyl (C=O) groups is 1. The monoisotopic (exact) mass is 305 g/mol. The number of aromatic nitrogens is 1. The van der Waals surface area contributed by atoms with Gasteiger partial charge < -0.3 is 9.32 Å². The first-order chi connectivity index (χ1) is 10.1. The van der Waals surface area contributed by atoms with E-state index >= 15 is 0 Å². The summed E-state index contributed by atoms with van der Waals surface area (Å²) in [6.07, 6.45) is 3.63. The minimum Gasteiger partial charge on any atom is -0.464 e. The van der Waals surface area contributed by atoms with E-state index in [0.29, 0.717) is 11.0 Å². The summed E-state index contributed by atoms with van der Waals surface area (Å²) in [5.74, 6) is 2.33. The minimum atomic E-state index is -0.101. The van der Waals surface area contributed by atoms with Crippen LogP contribution in [0.4, 0.5) is 9.93 Å². The van der Waals surface area contributed by atoms with Crippen LogP contribution in [0.1, 0.15) is 37.3 Å². The highest BCUT2D eigenvalue weighted by Crippen LogP contribution is 2.35. The van der Waals surface area contributed by atoms with E-state index in [2.05, 4.69) is 17.2 Å². The number of nitrogens with zero attached hydrogens (tertiary/aromatic N) is 2. The maximum Gasteiger partial charge on any atom is 0.324 e. The van der Waals surface area contributed by atoms with E-state index < -0.39 is 0 Å². The number of likely N-dealkylation sites (tertiary alicyclic amines) is 1. The number of urea groups is 1. The number of hydrogen-bond donors (Lipinski definition) is 1. The molecule has 112 valence electrons. The molecule has 2 amide bonds. The average Bonchev–Trinajstić information content (AvgIpc) is 3.10. The summed E-state index contributed by atoms with van der Waals surface area (Å²) in [5.41, 5.74) is 0. The average molecular weight is 305 g/mol. The Hall–Kier alpha value is -1.82. The van der Waals surface area contributed by atoms with Crippen molar-refractivity contribution in [3.05, 3.63) is 35.2 Å². The van der Waals surface area contributed by atoms with Crippen molar-refractivity contribution in [3.63, 3.8) is 0 Å². The molecule has 0 saturated carbocycles. The van der Waals surface area contributed by atoms with Crippen LogP contribution in [-0.4, -0.2) is 22.5 Å². The van der Waals surface area contributed by atoms with Crippen LogP contribution in [0.15, 0.2) is 28.1 Å². The van der Waals surface area contributed by atoms with E-state index in [0.717, 1.165) is 30.9 Å². The number of furan rings is 1. The van der Waals surface area contributed by atoms with Crippen molar-refractivity contribution in [2.24, 2.45) is 5.92 Å². The van der Waals surface area contributed by atoms with Gasteiger partial charge in [-0.25, -0.2) is 9.78 Å². The summed E-state index contributed by atoms with van der Waals surface area (Å²) in [6.45, 7) is 4.89. The van der Waals surface area contributed by atoms with E-state index in [1.54, 1.807) is 6.20 Å². The molecule has 0 aromatic carbocycles. The zero-order valence-corrected chi connectivity index (χ0v) is 13.0. The predicted octanol–water partition coefficient (Wildman–Crippen LogP) is 4.05. The van der Waals surface area contributed by atoms with E-state index in [1.165, 1.54) is 11.3 Å². The second kappa shape index (κ2) is 5.89. The molecular weight excluding hydrogens is 286 g/mol. The van der Waals surface area contributed by atoms with E-state index in [9.17, 15) is 4.79 Å². The fourth-order valence-corrected chi connectivity index (χ4v) is 3.25. The molecule has 5 nitrogen and oxygen atoms in total. The van der Waals surface area contributed by atoms with Crippen molar-refractivity contribution in [3.8, 4) is 0 Å². The summed E-state index contributed by atoms with van der Waals surface area (Å²) in [4.78, 5) is 18.5. The Morgan fingerprint density at radius 1 is 1.52 bits per heavy atom. The fraction of sp³-hybridized carbons (Fsp3) is 0.467. The van der Waals surface area contributed by atoms with Crippen molar-refractivity contribution in [1.82, 2.24) is 9.88 Å². The molecule has 0 radical (unpaired) electrons. The van der Waals surface area contributed by atoms with Crippen LogP contribution in [0.25, 0.3) is 0 Å². The molecule has 21 heavy (non-hydrogen) atoms. The topological polar surface area (TPSA) is 58.4 Å². The predicted molar refractivity (Wildman–Crippen MR) is 82.4 cm³/mol. The highest BCUT2D eigenvalue weighted by molar-refractivity contribution is 7.13. The number of rotatable bonds is 2. The molecular formula is C15H19N3O2S. The second-order valence-electron chi connectivity index (χ2n) is 5.55. The number of amides is 2. The molecule has 2 aromatic rings. The minimum absolute atomic E-state index is 0.00223. The second-order valence-corrected chi connectivity index (χ2v) is 6.45. The van der Waals surface area contributed by atoms with Gasteiger partial charge in [0, 0.05) is 18.1 Å².